The molecule has 0 aliphatic carbocycles. The Bertz CT molecular complexity index is 1130. The Balaban J connectivity index is 2.56. The van der Waals surface area contributed by atoms with Crippen LogP contribution in [-0.2, 0) is 20.7 Å². The molecule has 8 nitrogen and oxygen atoms in total. The van der Waals surface area contributed by atoms with Crippen molar-refractivity contribution in [3.05, 3.63) is 59.7 Å². The Kier molecular flexibility index (Phi) is 13.0. The average Bonchev–Trinajstić information content (AvgIpc) is 2.92. The molecule has 0 saturated heterocycles. The van der Waals surface area contributed by atoms with E-state index in [-0.39, 0.29) is 17.7 Å². The third-order valence-corrected chi connectivity index (χ3v) is 7.02. The van der Waals surface area contributed by atoms with E-state index in [4.69, 9.17) is 9.47 Å². The van der Waals surface area contributed by atoms with E-state index in [1.807, 2.05) is 31.2 Å². The summed E-state index contributed by atoms with van der Waals surface area (Å²) in [6.45, 7) is 13.5. The van der Waals surface area contributed by atoms with E-state index >= 15 is 0 Å². The van der Waals surface area contributed by atoms with Gasteiger partial charge in [0.2, 0.25) is 5.91 Å². The van der Waals surface area contributed by atoms with E-state index in [9.17, 15) is 14.4 Å². The van der Waals surface area contributed by atoms with Crippen LogP contribution in [0.4, 0.5) is 10.5 Å². The van der Waals surface area contributed by atoms with Crippen LogP contribution in [0.3, 0.4) is 0 Å². The number of amides is 3. The Morgan fingerprint density at radius 1 is 0.951 bits per heavy atom. The number of hydrogen-bond donors (Lipinski definition) is 3. The number of hydrogen-bond acceptors (Lipinski definition) is 6. The maximum Gasteiger partial charge on any atom is 0.408 e. The van der Waals surface area contributed by atoms with Crippen LogP contribution in [0.2, 0.25) is 0 Å². The summed E-state index contributed by atoms with van der Waals surface area (Å²) in [5.74, 6) is 0.340. The van der Waals surface area contributed by atoms with E-state index < -0.39 is 29.7 Å². The molecule has 0 heterocycles. The van der Waals surface area contributed by atoms with Crippen LogP contribution in [-0.4, -0.2) is 53.4 Å². The van der Waals surface area contributed by atoms with Crippen molar-refractivity contribution in [1.82, 2.24) is 10.2 Å². The molecule has 2 aromatic rings. The quantitative estimate of drug-likeness (QED) is 0.236. The first-order valence-electron chi connectivity index (χ1n) is 14.3. The maximum absolute atomic E-state index is 14.3. The molecule has 226 valence electrons. The van der Waals surface area contributed by atoms with Gasteiger partial charge in [0, 0.05) is 17.5 Å². The number of aryl methyl sites for hydroxylation is 1. The average molecular weight is 586 g/mol. The number of thiol groups is 1. The van der Waals surface area contributed by atoms with Gasteiger partial charge in [-0.25, -0.2) is 4.79 Å². The number of rotatable bonds is 13. The Morgan fingerprint density at radius 3 is 2.05 bits per heavy atom. The van der Waals surface area contributed by atoms with Crippen LogP contribution in [0.15, 0.2) is 48.5 Å². The number of carbonyl (C=O) groups is 3. The SMILES string of the molecule is CCc1ccc(C(C(=O)Nc2ccc(OC)cc2)N(C(=O)C(CS)NC(=O)OC(C)(C)C)C(C)CCC(C)C)cc1. The molecule has 0 radical (unpaired) electrons. The van der Waals surface area contributed by atoms with Gasteiger partial charge in [0.25, 0.3) is 5.91 Å². The number of alkyl carbamates (subject to hydrolysis) is 1. The summed E-state index contributed by atoms with van der Waals surface area (Å²) < 4.78 is 10.7. The van der Waals surface area contributed by atoms with Gasteiger partial charge in [-0.3, -0.25) is 9.59 Å². The summed E-state index contributed by atoms with van der Waals surface area (Å²) in [6, 6.07) is 12.5. The molecule has 0 fully saturated rings. The third kappa shape index (κ3) is 10.6. The number of ether oxygens (including phenoxy) is 2. The zero-order chi connectivity index (χ0) is 30.7. The van der Waals surface area contributed by atoms with Gasteiger partial charge in [-0.05, 0) is 88.3 Å². The topological polar surface area (TPSA) is 97.0 Å². The van der Waals surface area contributed by atoms with Crippen LogP contribution in [0.25, 0.3) is 0 Å². The maximum atomic E-state index is 14.3. The highest BCUT2D eigenvalue weighted by Crippen LogP contribution is 2.29. The van der Waals surface area contributed by atoms with E-state index in [2.05, 4.69) is 44.0 Å². The van der Waals surface area contributed by atoms with Gasteiger partial charge < -0.3 is 25.0 Å². The molecule has 0 saturated carbocycles. The number of nitrogens with zero attached hydrogens (tertiary/aromatic N) is 1. The fraction of sp³-hybridized carbons (Fsp3) is 0.531. The first-order valence-corrected chi connectivity index (χ1v) is 14.9. The number of nitrogens with one attached hydrogen (secondary N) is 2. The number of carbonyl (C=O) groups excluding carboxylic acids is 3. The third-order valence-electron chi connectivity index (χ3n) is 6.65. The monoisotopic (exact) mass is 585 g/mol. The molecule has 2 aromatic carbocycles. The molecule has 0 bridgehead atoms. The lowest BCUT2D eigenvalue weighted by molar-refractivity contribution is -0.143. The van der Waals surface area contributed by atoms with Crippen molar-refractivity contribution in [3.8, 4) is 5.75 Å². The van der Waals surface area contributed by atoms with Crippen LogP contribution in [0.1, 0.15) is 78.5 Å². The van der Waals surface area contributed by atoms with Crippen LogP contribution >= 0.6 is 12.6 Å². The first-order chi connectivity index (χ1) is 19.3. The van der Waals surface area contributed by atoms with Gasteiger partial charge in [0.05, 0.1) is 7.11 Å². The van der Waals surface area contributed by atoms with E-state index in [0.717, 1.165) is 18.4 Å². The van der Waals surface area contributed by atoms with Crippen LogP contribution in [0.5, 0.6) is 5.75 Å². The highest BCUT2D eigenvalue weighted by Gasteiger charge is 2.38. The Hall–Kier alpha value is -3.20. The highest BCUT2D eigenvalue weighted by atomic mass is 32.1. The second-order valence-electron chi connectivity index (χ2n) is 11.7. The number of benzene rings is 2. The van der Waals surface area contributed by atoms with Crippen LogP contribution < -0.4 is 15.4 Å². The van der Waals surface area contributed by atoms with E-state index in [1.165, 1.54) is 0 Å². The minimum absolute atomic E-state index is 0.0348. The van der Waals surface area contributed by atoms with Gasteiger partial charge in [0.15, 0.2) is 0 Å². The summed E-state index contributed by atoms with van der Waals surface area (Å²) in [5.41, 5.74) is 1.63. The minimum atomic E-state index is -0.999. The predicted octanol–water partition coefficient (Wildman–Crippen LogP) is 6.41. The summed E-state index contributed by atoms with van der Waals surface area (Å²) in [4.78, 5) is 42.6. The van der Waals surface area contributed by atoms with E-state index in [1.54, 1.807) is 57.0 Å². The van der Waals surface area contributed by atoms with Gasteiger partial charge in [-0.1, -0.05) is 45.0 Å². The van der Waals surface area contributed by atoms with Gasteiger partial charge >= 0.3 is 6.09 Å². The normalized spacial score (nSPS) is 13.6. The lowest BCUT2D eigenvalue weighted by atomic mass is 9.96. The van der Waals surface area contributed by atoms with Crippen molar-refractivity contribution in [3.63, 3.8) is 0 Å². The molecule has 9 heteroatoms. The van der Waals surface area contributed by atoms with Crippen molar-refractivity contribution in [2.45, 2.75) is 91.5 Å². The highest BCUT2D eigenvalue weighted by molar-refractivity contribution is 7.80. The zero-order valence-electron chi connectivity index (χ0n) is 25.7. The van der Waals surface area contributed by atoms with Crippen molar-refractivity contribution >= 4 is 36.2 Å². The molecular weight excluding hydrogens is 538 g/mol. The van der Waals surface area contributed by atoms with Crippen molar-refractivity contribution in [2.75, 3.05) is 18.2 Å². The standard InChI is InChI=1S/C32H47N3O5S/c1-9-23-12-14-24(15-13-23)28(29(36)33-25-16-18-26(39-8)19-17-25)35(22(4)11-10-21(2)3)30(37)27(20-41)34-31(38)40-32(5,6)7/h12-19,21-22,27-28,41H,9-11,20H2,1-8H3,(H,33,36)(H,34,38). The molecule has 0 aliphatic heterocycles. The van der Waals surface area contributed by atoms with Crippen molar-refractivity contribution < 1.29 is 23.9 Å². The fourth-order valence-corrected chi connectivity index (χ4v) is 4.63. The zero-order valence-corrected chi connectivity index (χ0v) is 26.6. The summed E-state index contributed by atoms with van der Waals surface area (Å²) >= 11 is 4.39. The first kappa shape index (κ1) is 34.0. The Morgan fingerprint density at radius 2 is 1.56 bits per heavy atom. The lowest BCUT2D eigenvalue weighted by Crippen LogP contribution is -2.55. The number of anilines is 1. The smallest absolute Gasteiger partial charge is 0.408 e. The van der Waals surface area contributed by atoms with E-state index in [0.29, 0.717) is 29.3 Å². The molecule has 2 N–H and O–H groups in total. The van der Waals surface area contributed by atoms with Crippen LogP contribution in [0, 0.1) is 5.92 Å². The van der Waals surface area contributed by atoms with Gasteiger partial charge in [0.1, 0.15) is 23.4 Å². The lowest BCUT2D eigenvalue weighted by Gasteiger charge is -2.38. The number of methoxy groups -OCH3 is 1. The second kappa shape index (κ2) is 15.7. The molecule has 0 aliphatic rings. The molecule has 41 heavy (non-hydrogen) atoms. The largest absolute Gasteiger partial charge is 0.497 e. The summed E-state index contributed by atoms with van der Waals surface area (Å²) in [7, 11) is 1.58. The molecule has 0 spiro atoms. The van der Waals surface area contributed by atoms with Crippen molar-refractivity contribution in [2.24, 2.45) is 5.92 Å². The molecule has 3 unspecified atom stereocenters. The second-order valence-corrected chi connectivity index (χ2v) is 12.0. The molecular formula is C32H47N3O5S. The molecule has 0 aromatic heterocycles. The van der Waals surface area contributed by atoms with Gasteiger partial charge in [-0.15, -0.1) is 0 Å². The summed E-state index contributed by atoms with van der Waals surface area (Å²) in [5, 5.41) is 5.66. The van der Waals surface area contributed by atoms with Crippen molar-refractivity contribution in [1.29, 1.82) is 0 Å². The molecule has 3 amide bonds. The van der Waals surface area contributed by atoms with Gasteiger partial charge in [-0.2, -0.15) is 12.6 Å². The molecule has 2 rings (SSSR count). The summed E-state index contributed by atoms with van der Waals surface area (Å²) in [6.07, 6.45) is 1.66. The Labute approximate surface area is 251 Å². The fourth-order valence-electron chi connectivity index (χ4n) is 4.39. The minimum Gasteiger partial charge on any atom is -0.497 e. The predicted molar refractivity (Wildman–Crippen MR) is 168 cm³/mol. The molecule has 3 atom stereocenters.